The summed E-state index contributed by atoms with van der Waals surface area (Å²) < 4.78 is 10.5. The summed E-state index contributed by atoms with van der Waals surface area (Å²) in [6, 6.07) is 25.9. The summed E-state index contributed by atoms with van der Waals surface area (Å²) in [6.45, 7) is 0. The van der Waals surface area contributed by atoms with Gasteiger partial charge in [-0.1, -0.05) is 18.2 Å². The second kappa shape index (κ2) is 10.8. The SMILES string of the molecule is COC(=O)c1ccc(Nc2nccc(Nc3ccc(Oc4ccccc4)cc3)n2)cc1.Cl. The van der Waals surface area contributed by atoms with Crippen molar-refractivity contribution in [3.05, 3.63) is 96.7 Å². The molecule has 0 spiro atoms. The first kappa shape index (κ1) is 22.6. The van der Waals surface area contributed by atoms with E-state index in [0.29, 0.717) is 17.3 Å². The number of halogens is 1. The van der Waals surface area contributed by atoms with Gasteiger partial charge in [-0.3, -0.25) is 0 Å². The molecule has 4 rings (SSSR count). The van der Waals surface area contributed by atoms with Crippen LogP contribution < -0.4 is 15.4 Å². The van der Waals surface area contributed by atoms with Gasteiger partial charge in [-0.25, -0.2) is 9.78 Å². The molecule has 0 aliphatic rings. The molecule has 0 aliphatic carbocycles. The standard InChI is InChI=1S/C24H20N4O3.ClH/c1-30-23(29)17-7-9-19(10-8-17)27-24-25-16-15-22(28-24)26-18-11-13-21(14-12-18)31-20-5-3-2-4-6-20;/h2-16H,1H3,(H2,25,26,27,28);1H. The van der Waals surface area contributed by atoms with Gasteiger partial charge in [0.15, 0.2) is 0 Å². The molecule has 0 saturated heterocycles. The fourth-order valence-electron chi connectivity index (χ4n) is 2.80. The maximum absolute atomic E-state index is 11.5. The summed E-state index contributed by atoms with van der Waals surface area (Å²) in [5, 5.41) is 6.36. The lowest BCUT2D eigenvalue weighted by atomic mass is 10.2. The number of anilines is 4. The van der Waals surface area contributed by atoms with Crippen molar-refractivity contribution >= 4 is 41.5 Å². The zero-order chi connectivity index (χ0) is 21.5. The van der Waals surface area contributed by atoms with Crippen LogP contribution in [0, 0.1) is 0 Å². The number of aromatic nitrogens is 2. The molecule has 4 aromatic rings. The van der Waals surface area contributed by atoms with Gasteiger partial charge in [0.2, 0.25) is 5.95 Å². The summed E-state index contributed by atoms with van der Waals surface area (Å²) in [7, 11) is 1.35. The van der Waals surface area contributed by atoms with Crippen LogP contribution in [0.3, 0.4) is 0 Å². The van der Waals surface area contributed by atoms with E-state index in [2.05, 4.69) is 20.6 Å². The second-order valence-electron chi connectivity index (χ2n) is 6.52. The molecule has 0 unspecified atom stereocenters. The summed E-state index contributed by atoms with van der Waals surface area (Å²) >= 11 is 0. The highest BCUT2D eigenvalue weighted by Crippen LogP contribution is 2.24. The Morgan fingerprint density at radius 2 is 1.41 bits per heavy atom. The van der Waals surface area contributed by atoms with Crippen molar-refractivity contribution in [2.75, 3.05) is 17.7 Å². The number of benzene rings is 3. The maximum atomic E-state index is 11.5. The van der Waals surface area contributed by atoms with E-state index in [1.54, 1.807) is 36.5 Å². The van der Waals surface area contributed by atoms with Crippen LogP contribution in [0.25, 0.3) is 0 Å². The predicted octanol–water partition coefficient (Wildman–Crippen LogP) is 5.96. The minimum Gasteiger partial charge on any atom is -0.465 e. The van der Waals surface area contributed by atoms with Crippen LogP contribution in [0.2, 0.25) is 0 Å². The number of hydrogen-bond acceptors (Lipinski definition) is 7. The first-order valence-corrected chi connectivity index (χ1v) is 9.58. The average molecular weight is 449 g/mol. The van der Waals surface area contributed by atoms with Crippen LogP contribution in [0.5, 0.6) is 11.5 Å². The Hall–Kier alpha value is -4.10. The zero-order valence-corrected chi connectivity index (χ0v) is 18.0. The van der Waals surface area contributed by atoms with E-state index in [0.717, 1.165) is 22.9 Å². The van der Waals surface area contributed by atoms with Crippen molar-refractivity contribution < 1.29 is 14.3 Å². The molecule has 0 fully saturated rings. The molecule has 0 atom stereocenters. The first-order valence-electron chi connectivity index (χ1n) is 9.58. The van der Waals surface area contributed by atoms with Gasteiger partial charge < -0.3 is 20.1 Å². The van der Waals surface area contributed by atoms with Gasteiger partial charge in [0.25, 0.3) is 0 Å². The van der Waals surface area contributed by atoms with Crippen LogP contribution in [0.15, 0.2) is 91.1 Å². The Balaban J connectivity index is 0.00000289. The Labute approximate surface area is 191 Å². The van der Waals surface area contributed by atoms with Crippen LogP contribution >= 0.6 is 12.4 Å². The van der Waals surface area contributed by atoms with Crippen LogP contribution in [-0.4, -0.2) is 23.0 Å². The van der Waals surface area contributed by atoms with E-state index in [4.69, 9.17) is 9.47 Å². The molecular formula is C24H21ClN4O3. The molecule has 0 aliphatic heterocycles. The number of ether oxygens (including phenoxy) is 2. The van der Waals surface area contributed by atoms with Crippen molar-refractivity contribution in [3.8, 4) is 11.5 Å². The molecule has 0 radical (unpaired) electrons. The van der Waals surface area contributed by atoms with Gasteiger partial charge in [0.1, 0.15) is 17.3 Å². The predicted molar refractivity (Wildman–Crippen MR) is 127 cm³/mol. The normalized spacial score (nSPS) is 9.91. The lowest BCUT2D eigenvalue weighted by Gasteiger charge is -2.10. The van der Waals surface area contributed by atoms with Crippen LogP contribution in [0.1, 0.15) is 10.4 Å². The van der Waals surface area contributed by atoms with Gasteiger partial charge in [-0.2, -0.15) is 4.98 Å². The number of hydrogen-bond donors (Lipinski definition) is 2. The molecule has 162 valence electrons. The zero-order valence-electron chi connectivity index (χ0n) is 17.2. The summed E-state index contributed by atoms with van der Waals surface area (Å²) in [4.78, 5) is 20.2. The van der Waals surface area contributed by atoms with E-state index in [9.17, 15) is 4.79 Å². The number of para-hydroxylation sites is 1. The van der Waals surface area contributed by atoms with Gasteiger partial charge in [-0.15, -0.1) is 12.4 Å². The number of rotatable bonds is 7. The van der Waals surface area contributed by atoms with E-state index in [-0.39, 0.29) is 18.4 Å². The van der Waals surface area contributed by atoms with E-state index >= 15 is 0 Å². The Morgan fingerprint density at radius 1 is 0.781 bits per heavy atom. The van der Waals surface area contributed by atoms with Gasteiger partial charge in [0, 0.05) is 17.6 Å². The Bertz CT molecular complexity index is 1150. The molecule has 3 aromatic carbocycles. The third-order valence-electron chi connectivity index (χ3n) is 4.32. The highest BCUT2D eigenvalue weighted by atomic mass is 35.5. The fourth-order valence-corrected chi connectivity index (χ4v) is 2.80. The van der Waals surface area contributed by atoms with E-state index in [1.165, 1.54) is 7.11 Å². The van der Waals surface area contributed by atoms with Crippen LogP contribution in [0.4, 0.5) is 23.1 Å². The van der Waals surface area contributed by atoms with E-state index in [1.807, 2.05) is 54.6 Å². The third-order valence-corrected chi connectivity index (χ3v) is 4.32. The summed E-state index contributed by atoms with van der Waals surface area (Å²) in [6.07, 6.45) is 1.66. The first-order chi connectivity index (χ1) is 15.2. The second-order valence-corrected chi connectivity index (χ2v) is 6.52. The van der Waals surface area contributed by atoms with Crippen molar-refractivity contribution in [3.63, 3.8) is 0 Å². The molecular weight excluding hydrogens is 428 g/mol. The Kier molecular flexibility index (Phi) is 7.61. The number of methoxy groups -OCH3 is 1. The smallest absolute Gasteiger partial charge is 0.337 e. The third kappa shape index (κ3) is 5.96. The maximum Gasteiger partial charge on any atom is 0.337 e. The summed E-state index contributed by atoms with van der Waals surface area (Å²) in [5.41, 5.74) is 2.10. The van der Waals surface area contributed by atoms with E-state index < -0.39 is 0 Å². The quantitative estimate of drug-likeness (QED) is 0.337. The largest absolute Gasteiger partial charge is 0.465 e. The van der Waals surface area contributed by atoms with Crippen LogP contribution in [-0.2, 0) is 4.74 Å². The van der Waals surface area contributed by atoms with Crippen molar-refractivity contribution in [1.82, 2.24) is 9.97 Å². The molecule has 8 heteroatoms. The minimum absolute atomic E-state index is 0. The average Bonchev–Trinajstić information content (AvgIpc) is 2.81. The van der Waals surface area contributed by atoms with Crippen molar-refractivity contribution in [2.45, 2.75) is 0 Å². The summed E-state index contributed by atoms with van der Waals surface area (Å²) in [5.74, 6) is 2.22. The molecule has 1 heterocycles. The van der Waals surface area contributed by atoms with Gasteiger partial charge in [-0.05, 0) is 66.7 Å². The number of carbonyl (C=O) groups excluding carboxylic acids is 1. The molecule has 0 bridgehead atoms. The Morgan fingerprint density at radius 3 is 2.09 bits per heavy atom. The highest BCUT2D eigenvalue weighted by molar-refractivity contribution is 5.89. The molecule has 0 amide bonds. The molecule has 1 aromatic heterocycles. The molecule has 32 heavy (non-hydrogen) atoms. The number of carbonyl (C=O) groups is 1. The highest BCUT2D eigenvalue weighted by Gasteiger charge is 2.06. The molecule has 7 nitrogen and oxygen atoms in total. The molecule has 0 saturated carbocycles. The number of esters is 1. The minimum atomic E-state index is -0.380. The monoisotopic (exact) mass is 448 g/mol. The fraction of sp³-hybridized carbons (Fsp3) is 0.0417. The van der Waals surface area contributed by atoms with Crippen molar-refractivity contribution in [2.24, 2.45) is 0 Å². The van der Waals surface area contributed by atoms with Gasteiger partial charge >= 0.3 is 5.97 Å². The van der Waals surface area contributed by atoms with Crippen molar-refractivity contribution in [1.29, 1.82) is 0 Å². The number of nitrogens with zero attached hydrogens (tertiary/aromatic N) is 2. The lowest BCUT2D eigenvalue weighted by molar-refractivity contribution is 0.0601. The van der Waals surface area contributed by atoms with Gasteiger partial charge in [0.05, 0.1) is 12.7 Å². The topological polar surface area (TPSA) is 85.4 Å². The lowest BCUT2D eigenvalue weighted by Crippen LogP contribution is -2.02. The number of nitrogens with one attached hydrogen (secondary N) is 2. The molecule has 2 N–H and O–H groups in total.